The normalized spacial score (nSPS) is 15.7. The number of rotatable bonds is 6. The molecule has 0 spiro atoms. The van der Waals surface area contributed by atoms with E-state index in [0.717, 1.165) is 25.9 Å². The van der Waals surface area contributed by atoms with Crippen molar-refractivity contribution < 1.29 is 9.53 Å². The molecule has 22 heavy (non-hydrogen) atoms. The first kappa shape index (κ1) is 16.8. The molecule has 0 aromatic carbocycles. The van der Waals surface area contributed by atoms with E-state index < -0.39 is 0 Å². The largest absolute Gasteiger partial charge is 0.384 e. The second-order valence-electron chi connectivity index (χ2n) is 5.18. The van der Waals surface area contributed by atoms with Crippen LogP contribution in [0.1, 0.15) is 19.3 Å². The lowest BCUT2D eigenvalue weighted by Gasteiger charge is -2.33. The molecular weight excluding hydrogens is 306 g/mol. The predicted octanol–water partition coefficient (Wildman–Crippen LogP) is 1.61. The zero-order valence-corrected chi connectivity index (χ0v) is 13.7. The van der Waals surface area contributed by atoms with Crippen LogP contribution >= 0.6 is 11.6 Å². The van der Waals surface area contributed by atoms with E-state index in [9.17, 15) is 4.79 Å². The second-order valence-corrected chi connectivity index (χ2v) is 5.54. The van der Waals surface area contributed by atoms with Crippen molar-refractivity contribution >= 4 is 29.0 Å². The van der Waals surface area contributed by atoms with Crippen LogP contribution in [0.4, 0.5) is 11.5 Å². The molecule has 2 rings (SSSR count). The molecule has 1 aromatic heterocycles. The van der Waals surface area contributed by atoms with E-state index in [0.29, 0.717) is 29.7 Å². The molecule has 1 fully saturated rings. The summed E-state index contributed by atoms with van der Waals surface area (Å²) < 4.78 is 4.95. The number of halogens is 1. The summed E-state index contributed by atoms with van der Waals surface area (Å²) in [5.41, 5.74) is 0.697. The molecule has 1 aromatic rings. The highest BCUT2D eigenvalue weighted by Gasteiger charge is 2.23. The quantitative estimate of drug-likeness (QED) is 0.773. The van der Waals surface area contributed by atoms with Crippen LogP contribution in [0.3, 0.4) is 0 Å². The van der Waals surface area contributed by atoms with Gasteiger partial charge >= 0.3 is 0 Å². The number of methoxy groups -OCH3 is 1. The Morgan fingerprint density at radius 2 is 2.18 bits per heavy atom. The lowest BCUT2D eigenvalue weighted by Crippen LogP contribution is -2.42. The molecule has 1 aliphatic rings. The average Bonchev–Trinajstić information content (AvgIpc) is 2.53. The van der Waals surface area contributed by atoms with Gasteiger partial charge in [0.05, 0.1) is 13.0 Å². The van der Waals surface area contributed by atoms with E-state index in [2.05, 4.69) is 20.6 Å². The Morgan fingerprint density at radius 1 is 1.45 bits per heavy atom. The number of hydrogen-bond acceptors (Lipinski definition) is 6. The minimum atomic E-state index is 0.154. The highest BCUT2D eigenvalue weighted by atomic mass is 35.5. The zero-order valence-electron chi connectivity index (χ0n) is 12.9. The maximum atomic E-state index is 11.9. The van der Waals surface area contributed by atoms with Crippen LogP contribution in [0.2, 0.25) is 5.15 Å². The molecule has 122 valence electrons. The molecule has 2 heterocycles. The van der Waals surface area contributed by atoms with Gasteiger partial charge in [-0.3, -0.25) is 4.79 Å². The van der Waals surface area contributed by atoms with Gasteiger partial charge in [0.2, 0.25) is 5.91 Å². The Labute approximate surface area is 135 Å². The molecule has 1 amide bonds. The van der Waals surface area contributed by atoms with Gasteiger partial charge in [-0.05, 0) is 12.8 Å². The highest BCUT2D eigenvalue weighted by molar-refractivity contribution is 6.32. The van der Waals surface area contributed by atoms with Gasteiger partial charge in [-0.15, -0.1) is 0 Å². The van der Waals surface area contributed by atoms with Crippen molar-refractivity contribution in [3.8, 4) is 0 Å². The van der Waals surface area contributed by atoms with Crippen LogP contribution < -0.4 is 10.6 Å². The molecule has 0 aliphatic carbocycles. The number of anilines is 2. The number of likely N-dealkylation sites (tertiary alicyclic amines) is 1. The summed E-state index contributed by atoms with van der Waals surface area (Å²) in [4.78, 5) is 22.0. The highest BCUT2D eigenvalue weighted by Crippen LogP contribution is 2.27. The fourth-order valence-electron chi connectivity index (χ4n) is 2.51. The maximum absolute atomic E-state index is 11.9. The Balaban J connectivity index is 1.88. The van der Waals surface area contributed by atoms with Crippen molar-refractivity contribution in [2.75, 3.05) is 44.5 Å². The SMILES string of the molecule is CNc1c(Cl)ncnc1NC1CCN(C(=O)CCOC)CC1. The first-order chi connectivity index (χ1) is 10.7. The van der Waals surface area contributed by atoms with Gasteiger partial charge in [-0.1, -0.05) is 11.6 Å². The van der Waals surface area contributed by atoms with Gasteiger partial charge in [0.25, 0.3) is 0 Å². The van der Waals surface area contributed by atoms with E-state index >= 15 is 0 Å². The number of carbonyl (C=O) groups excluding carboxylic acids is 1. The molecule has 0 atom stereocenters. The topological polar surface area (TPSA) is 79.4 Å². The van der Waals surface area contributed by atoms with Crippen LogP contribution in [0.25, 0.3) is 0 Å². The van der Waals surface area contributed by atoms with E-state index in [4.69, 9.17) is 16.3 Å². The summed E-state index contributed by atoms with van der Waals surface area (Å²) in [6.07, 6.45) is 3.64. The Kier molecular flexibility index (Phi) is 6.21. The smallest absolute Gasteiger partial charge is 0.224 e. The van der Waals surface area contributed by atoms with Gasteiger partial charge < -0.3 is 20.3 Å². The van der Waals surface area contributed by atoms with Crippen molar-refractivity contribution in [3.63, 3.8) is 0 Å². The average molecular weight is 328 g/mol. The molecule has 0 saturated carbocycles. The Morgan fingerprint density at radius 3 is 2.82 bits per heavy atom. The Bertz CT molecular complexity index is 506. The number of piperidine rings is 1. The lowest BCUT2D eigenvalue weighted by atomic mass is 10.0. The van der Waals surface area contributed by atoms with Crippen LogP contribution in [0.15, 0.2) is 6.33 Å². The first-order valence-corrected chi connectivity index (χ1v) is 7.75. The van der Waals surface area contributed by atoms with Crippen molar-refractivity contribution in [3.05, 3.63) is 11.5 Å². The molecule has 1 saturated heterocycles. The van der Waals surface area contributed by atoms with Gasteiger partial charge in [0, 0.05) is 33.3 Å². The van der Waals surface area contributed by atoms with Crippen molar-refractivity contribution in [2.45, 2.75) is 25.3 Å². The third kappa shape index (κ3) is 4.20. The number of carbonyl (C=O) groups is 1. The lowest BCUT2D eigenvalue weighted by molar-refractivity contribution is -0.133. The Hall–Kier alpha value is -1.60. The first-order valence-electron chi connectivity index (χ1n) is 7.37. The van der Waals surface area contributed by atoms with E-state index in [-0.39, 0.29) is 11.9 Å². The minimum absolute atomic E-state index is 0.154. The summed E-state index contributed by atoms with van der Waals surface area (Å²) >= 11 is 6.04. The number of amides is 1. The molecule has 8 heteroatoms. The van der Waals surface area contributed by atoms with E-state index in [1.165, 1.54) is 6.33 Å². The summed E-state index contributed by atoms with van der Waals surface area (Å²) in [6, 6.07) is 0.268. The van der Waals surface area contributed by atoms with Crippen LogP contribution in [-0.4, -0.2) is 60.7 Å². The third-order valence-corrected chi connectivity index (χ3v) is 4.05. The monoisotopic (exact) mass is 327 g/mol. The van der Waals surface area contributed by atoms with Crippen LogP contribution in [-0.2, 0) is 9.53 Å². The fraction of sp³-hybridized carbons (Fsp3) is 0.643. The predicted molar refractivity (Wildman–Crippen MR) is 86.3 cm³/mol. The number of nitrogens with one attached hydrogen (secondary N) is 2. The number of aromatic nitrogens is 2. The second kappa shape index (κ2) is 8.14. The standard InChI is InChI=1S/C14H22ClN5O2/c1-16-12-13(15)17-9-18-14(12)19-10-3-6-20(7-4-10)11(21)5-8-22-2/h9-10,16H,3-8H2,1-2H3,(H,17,18,19). The molecule has 1 aliphatic heterocycles. The van der Waals surface area contributed by atoms with Gasteiger partial charge in [-0.25, -0.2) is 9.97 Å². The summed E-state index contributed by atoms with van der Waals surface area (Å²) in [6.45, 7) is 1.96. The van der Waals surface area contributed by atoms with Crippen LogP contribution in [0.5, 0.6) is 0 Å². The van der Waals surface area contributed by atoms with Gasteiger partial charge in [0.15, 0.2) is 11.0 Å². The minimum Gasteiger partial charge on any atom is -0.384 e. The van der Waals surface area contributed by atoms with E-state index in [1.54, 1.807) is 14.2 Å². The van der Waals surface area contributed by atoms with Crippen molar-refractivity contribution in [1.82, 2.24) is 14.9 Å². The summed E-state index contributed by atoms with van der Waals surface area (Å²) in [7, 11) is 3.39. The molecule has 0 unspecified atom stereocenters. The number of nitrogens with zero attached hydrogens (tertiary/aromatic N) is 3. The van der Waals surface area contributed by atoms with Gasteiger partial charge in [0.1, 0.15) is 12.0 Å². The third-order valence-electron chi connectivity index (χ3n) is 3.76. The molecule has 0 bridgehead atoms. The van der Waals surface area contributed by atoms with Crippen molar-refractivity contribution in [1.29, 1.82) is 0 Å². The number of hydrogen-bond donors (Lipinski definition) is 2. The molecule has 2 N–H and O–H groups in total. The van der Waals surface area contributed by atoms with Crippen LogP contribution in [0, 0.1) is 0 Å². The summed E-state index contributed by atoms with van der Waals surface area (Å²) in [5, 5.41) is 6.78. The van der Waals surface area contributed by atoms with Crippen molar-refractivity contribution in [2.24, 2.45) is 0 Å². The molecular formula is C14H22ClN5O2. The maximum Gasteiger partial charge on any atom is 0.224 e. The molecule has 0 radical (unpaired) electrons. The number of ether oxygens (including phenoxy) is 1. The van der Waals surface area contributed by atoms with E-state index in [1.807, 2.05) is 4.90 Å². The summed E-state index contributed by atoms with van der Waals surface area (Å²) in [5.74, 6) is 0.855. The van der Waals surface area contributed by atoms with Gasteiger partial charge in [-0.2, -0.15) is 0 Å². The fourth-order valence-corrected chi connectivity index (χ4v) is 2.74. The molecule has 7 nitrogen and oxygen atoms in total. The zero-order chi connectivity index (χ0) is 15.9.